The molecular formula is C64H109O11P. The molecule has 0 bridgehead atoms. The molecule has 0 aromatic carbocycles. The highest BCUT2D eigenvalue weighted by atomic mass is 31.2. The molecule has 0 aromatic heterocycles. The van der Waals surface area contributed by atoms with Gasteiger partial charge in [0.25, 0.3) is 0 Å². The van der Waals surface area contributed by atoms with Crippen molar-refractivity contribution in [3.05, 3.63) is 97.2 Å². The van der Waals surface area contributed by atoms with E-state index in [0.717, 1.165) is 89.9 Å². The van der Waals surface area contributed by atoms with E-state index in [9.17, 15) is 28.9 Å². The van der Waals surface area contributed by atoms with Gasteiger partial charge in [0.05, 0.1) is 19.8 Å². The van der Waals surface area contributed by atoms with Crippen LogP contribution in [0, 0.1) is 0 Å². The van der Waals surface area contributed by atoms with Gasteiger partial charge in [0.2, 0.25) is 0 Å². The topological polar surface area (TPSA) is 155 Å². The van der Waals surface area contributed by atoms with Gasteiger partial charge in [0, 0.05) is 19.3 Å². The fraction of sp³-hybridized carbons (Fsp3) is 0.703. The van der Waals surface area contributed by atoms with Crippen molar-refractivity contribution in [2.75, 3.05) is 26.4 Å². The Morgan fingerprint density at radius 3 is 1.11 bits per heavy atom. The Morgan fingerprint density at radius 1 is 0.382 bits per heavy atom. The summed E-state index contributed by atoms with van der Waals surface area (Å²) >= 11 is 0. The van der Waals surface area contributed by atoms with Crippen molar-refractivity contribution in [1.29, 1.82) is 0 Å². The second-order valence-corrected chi connectivity index (χ2v) is 21.2. The van der Waals surface area contributed by atoms with Gasteiger partial charge in [-0.3, -0.25) is 23.4 Å². The molecule has 11 nitrogen and oxygen atoms in total. The molecule has 0 aliphatic heterocycles. The molecule has 0 fully saturated rings. The first-order valence-electron chi connectivity index (χ1n) is 30.1. The molecule has 0 aliphatic carbocycles. The number of carbonyl (C=O) groups excluding carboxylic acids is 3. The molecule has 3 unspecified atom stereocenters. The van der Waals surface area contributed by atoms with E-state index in [1.165, 1.54) is 96.3 Å². The number of unbranched alkanes of at least 4 members (excludes halogenated alkanes) is 22. The number of ether oxygens (including phenoxy) is 3. The monoisotopic (exact) mass is 1080 g/mol. The molecule has 0 heterocycles. The van der Waals surface area contributed by atoms with E-state index in [2.05, 4.69) is 106 Å². The summed E-state index contributed by atoms with van der Waals surface area (Å²) in [5.41, 5.74) is 0. The van der Waals surface area contributed by atoms with Gasteiger partial charge in [-0.25, -0.2) is 4.57 Å². The predicted molar refractivity (Wildman–Crippen MR) is 316 cm³/mol. The van der Waals surface area contributed by atoms with Gasteiger partial charge >= 0.3 is 25.7 Å². The summed E-state index contributed by atoms with van der Waals surface area (Å²) in [4.78, 5) is 48.6. The van der Waals surface area contributed by atoms with Crippen LogP contribution in [-0.2, 0) is 42.2 Å². The van der Waals surface area contributed by atoms with Gasteiger partial charge in [-0.15, -0.1) is 0 Å². The van der Waals surface area contributed by atoms with Crippen LogP contribution in [0.15, 0.2) is 97.2 Å². The van der Waals surface area contributed by atoms with Gasteiger partial charge < -0.3 is 24.2 Å². The lowest BCUT2D eigenvalue weighted by atomic mass is 10.0. The second-order valence-electron chi connectivity index (χ2n) is 19.8. The van der Waals surface area contributed by atoms with Crippen LogP contribution in [0.4, 0.5) is 0 Å². The molecule has 3 atom stereocenters. The predicted octanol–water partition coefficient (Wildman–Crippen LogP) is 18.0. The van der Waals surface area contributed by atoms with Crippen LogP contribution in [0.5, 0.6) is 0 Å². The number of hydrogen-bond acceptors (Lipinski definition) is 10. The molecule has 0 rings (SSSR count). The summed E-state index contributed by atoms with van der Waals surface area (Å²) in [6, 6.07) is 0. The number of hydrogen-bond donors (Lipinski definition) is 2. The van der Waals surface area contributed by atoms with Gasteiger partial charge in [0.15, 0.2) is 6.10 Å². The third-order valence-corrected chi connectivity index (χ3v) is 13.5. The fourth-order valence-electron chi connectivity index (χ4n) is 8.00. The number of aliphatic hydroxyl groups is 1. The zero-order valence-corrected chi connectivity index (χ0v) is 49.1. The first-order chi connectivity index (χ1) is 37.2. The summed E-state index contributed by atoms with van der Waals surface area (Å²) in [7, 11) is -4.77. The molecule has 0 amide bonds. The van der Waals surface area contributed by atoms with E-state index in [0.29, 0.717) is 25.7 Å². The fourth-order valence-corrected chi connectivity index (χ4v) is 8.78. The van der Waals surface area contributed by atoms with Crippen LogP contribution in [0.3, 0.4) is 0 Å². The summed E-state index contributed by atoms with van der Waals surface area (Å²) in [6.45, 7) is 4.34. The van der Waals surface area contributed by atoms with E-state index in [1.54, 1.807) is 0 Å². The Bertz CT molecular complexity index is 1640. The summed E-state index contributed by atoms with van der Waals surface area (Å²) in [5, 5.41) is 9.82. The molecule has 0 radical (unpaired) electrons. The van der Waals surface area contributed by atoms with Crippen molar-refractivity contribution in [3.8, 4) is 0 Å². The van der Waals surface area contributed by atoms with Gasteiger partial charge in [-0.05, 0) is 89.9 Å². The van der Waals surface area contributed by atoms with Crippen LogP contribution in [0.1, 0.15) is 252 Å². The lowest BCUT2D eigenvalue weighted by Crippen LogP contribution is -2.30. The Labute approximate surface area is 463 Å². The van der Waals surface area contributed by atoms with E-state index in [1.807, 2.05) is 12.2 Å². The molecule has 2 N–H and O–H groups in total. The molecule has 12 heteroatoms. The van der Waals surface area contributed by atoms with Crippen molar-refractivity contribution in [2.24, 2.45) is 0 Å². The Kier molecular flexibility index (Phi) is 54.8. The number of allylic oxidation sites excluding steroid dienone is 16. The first-order valence-corrected chi connectivity index (χ1v) is 31.6. The van der Waals surface area contributed by atoms with Crippen LogP contribution < -0.4 is 0 Å². The minimum atomic E-state index is -4.77. The average Bonchev–Trinajstić information content (AvgIpc) is 3.41. The SMILES string of the molecule is CC/C=C\C/C=C\C/C=C\C/C=C\C/C=C\CCCC(=O)OC(CO)COP(=O)(O)OCC(COC(=O)CCCCC/C=C\C/C=C\C/C=C\CC)OC(=O)CCCCCCCCCCCCCCCCCCCCC. The minimum absolute atomic E-state index is 0.0938. The molecule has 0 aromatic rings. The maximum atomic E-state index is 12.9. The van der Waals surface area contributed by atoms with Crippen LogP contribution >= 0.6 is 7.82 Å². The number of esters is 3. The lowest BCUT2D eigenvalue weighted by Gasteiger charge is -2.21. The van der Waals surface area contributed by atoms with Crippen molar-refractivity contribution in [1.82, 2.24) is 0 Å². The van der Waals surface area contributed by atoms with E-state index < -0.39 is 57.8 Å². The summed E-state index contributed by atoms with van der Waals surface area (Å²) in [5.74, 6) is -1.56. The van der Waals surface area contributed by atoms with Crippen LogP contribution in [0.2, 0.25) is 0 Å². The summed E-state index contributed by atoms with van der Waals surface area (Å²) in [6.07, 6.45) is 68.1. The zero-order chi connectivity index (χ0) is 55.5. The van der Waals surface area contributed by atoms with Crippen molar-refractivity contribution >= 4 is 25.7 Å². The Hall–Kier alpha value is -3.60. The number of carbonyl (C=O) groups is 3. The molecule has 0 spiro atoms. The van der Waals surface area contributed by atoms with Crippen molar-refractivity contribution < 1.29 is 52.2 Å². The second kappa shape index (κ2) is 57.6. The molecule has 436 valence electrons. The van der Waals surface area contributed by atoms with Crippen LogP contribution in [0.25, 0.3) is 0 Å². The minimum Gasteiger partial charge on any atom is -0.462 e. The molecule has 0 saturated carbocycles. The van der Waals surface area contributed by atoms with E-state index in [-0.39, 0.29) is 25.9 Å². The van der Waals surface area contributed by atoms with Gasteiger partial charge in [-0.1, -0.05) is 240 Å². The Morgan fingerprint density at radius 2 is 0.697 bits per heavy atom. The maximum absolute atomic E-state index is 12.9. The molecule has 0 saturated heterocycles. The van der Waals surface area contributed by atoms with Crippen molar-refractivity contribution in [3.63, 3.8) is 0 Å². The third-order valence-electron chi connectivity index (χ3n) is 12.5. The normalized spacial score (nSPS) is 14.0. The van der Waals surface area contributed by atoms with Gasteiger partial charge in [0.1, 0.15) is 12.7 Å². The smallest absolute Gasteiger partial charge is 0.462 e. The molecule has 0 aliphatic rings. The third kappa shape index (κ3) is 55.2. The summed E-state index contributed by atoms with van der Waals surface area (Å²) < 4.78 is 39.5. The highest BCUT2D eigenvalue weighted by Crippen LogP contribution is 2.43. The van der Waals surface area contributed by atoms with Crippen molar-refractivity contribution in [2.45, 2.75) is 264 Å². The highest BCUT2D eigenvalue weighted by molar-refractivity contribution is 7.47. The number of phosphoric acid groups is 1. The van der Waals surface area contributed by atoms with E-state index >= 15 is 0 Å². The first kappa shape index (κ1) is 72.4. The standard InChI is InChI=1S/C64H109O11P/c1-4-7-10-13-16-19-22-25-27-29-30-32-34-37-40-43-46-49-52-55-64(68)75-61(57-71-62(66)53-50-47-44-41-38-35-24-21-18-15-12-9-6-3)59-73-76(69,70)72-58-60(56-65)74-63(67)54-51-48-45-42-39-36-33-31-28-26-23-20-17-14-11-8-5-2/h8-9,11-12,17-18,20-21,26,28,33,35-36,38,42,45,60-61,65H,4-7,10,13-16,19,22-25,27,29-32,34,37,39-41,43-44,46-59H2,1-3H3,(H,69,70)/b11-8-,12-9-,20-17-,21-18-,28-26-,36-33-,38-35-,45-42-. The maximum Gasteiger partial charge on any atom is 0.472 e. The zero-order valence-electron chi connectivity index (χ0n) is 48.2. The molecular weight excluding hydrogens is 976 g/mol. The van der Waals surface area contributed by atoms with Crippen LogP contribution in [-0.4, -0.2) is 66.5 Å². The lowest BCUT2D eigenvalue weighted by molar-refractivity contribution is -0.161. The molecule has 76 heavy (non-hydrogen) atoms. The van der Waals surface area contributed by atoms with E-state index in [4.69, 9.17) is 23.3 Å². The number of rotatable bonds is 55. The average molecular weight is 1090 g/mol. The van der Waals surface area contributed by atoms with Gasteiger partial charge in [-0.2, -0.15) is 0 Å². The highest BCUT2D eigenvalue weighted by Gasteiger charge is 2.28. The quantitative estimate of drug-likeness (QED) is 0.0197. The largest absolute Gasteiger partial charge is 0.472 e. The number of aliphatic hydroxyl groups excluding tert-OH is 1. The Balaban J connectivity index is 4.76. The number of phosphoric ester groups is 1.